The van der Waals surface area contributed by atoms with Gasteiger partial charge in [-0.25, -0.2) is 9.18 Å². The molecule has 0 aromatic heterocycles. The molecule has 0 fully saturated rings. The van der Waals surface area contributed by atoms with Gasteiger partial charge in [-0.15, -0.1) is 0 Å². The van der Waals surface area contributed by atoms with Gasteiger partial charge in [-0.2, -0.15) is 5.26 Å². The van der Waals surface area contributed by atoms with Crippen LogP contribution in [0.2, 0.25) is 0 Å². The topological polar surface area (TPSA) is 79.2 Å². The molecule has 2 aromatic carbocycles. The normalized spacial score (nSPS) is 11.2. The molecule has 5 nitrogen and oxygen atoms in total. The Morgan fingerprint density at radius 1 is 1.25 bits per heavy atom. The average molecular weight is 326 g/mol. The summed E-state index contributed by atoms with van der Waals surface area (Å²) in [5, 5.41) is 11.4. The highest BCUT2D eigenvalue weighted by Crippen LogP contribution is 2.10. The van der Waals surface area contributed by atoms with E-state index >= 15 is 0 Å². The Bertz CT molecular complexity index is 799. The van der Waals surface area contributed by atoms with Gasteiger partial charge in [0.15, 0.2) is 0 Å². The number of carbonyl (C=O) groups excluding carboxylic acids is 2. The van der Waals surface area contributed by atoms with E-state index in [9.17, 15) is 14.0 Å². The first kappa shape index (κ1) is 17.2. The number of esters is 1. The number of hydrogen-bond acceptors (Lipinski definition) is 4. The van der Waals surface area contributed by atoms with E-state index in [1.54, 1.807) is 24.3 Å². The van der Waals surface area contributed by atoms with E-state index in [1.807, 2.05) is 6.07 Å². The zero-order chi connectivity index (χ0) is 17.5. The molecule has 1 atom stereocenters. The molecule has 0 radical (unpaired) electrons. The van der Waals surface area contributed by atoms with Crippen LogP contribution >= 0.6 is 0 Å². The number of methoxy groups -OCH3 is 1. The van der Waals surface area contributed by atoms with E-state index in [-0.39, 0.29) is 12.0 Å². The Balaban J connectivity index is 2.20. The first-order valence-electron chi connectivity index (χ1n) is 7.17. The van der Waals surface area contributed by atoms with Gasteiger partial charge in [-0.3, -0.25) is 4.79 Å². The van der Waals surface area contributed by atoms with Crippen LogP contribution in [-0.2, 0) is 16.0 Å². The van der Waals surface area contributed by atoms with Crippen molar-refractivity contribution in [1.82, 2.24) is 5.32 Å². The summed E-state index contributed by atoms with van der Waals surface area (Å²) in [4.78, 5) is 24.1. The summed E-state index contributed by atoms with van der Waals surface area (Å²) in [7, 11) is 1.20. The van der Waals surface area contributed by atoms with Crippen LogP contribution in [0.5, 0.6) is 0 Å². The van der Waals surface area contributed by atoms with Crippen LogP contribution in [0, 0.1) is 17.1 Å². The fourth-order valence-electron chi connectivity index (χ4n) is 2.22. The maximum absolute atomic E-state index is 13.7. The number of halogens is 1. The number of carbonyl (C=O) groups is 2. The van der Waals surface area contributed by atoms with Gasteiger partial charge in [0.2, 0.25) is 0 Å². The molecule has 0 spiro atoms. The van der Waals surface area contributed by atoms with E-state index in [0.29, 0.717) is 11.1 Å². The van der Waals surface area contributed by atoms with Gasteiger partial charge in [-0.05, 0) is 29.8 Å². The summed E-state index contributed by atoms with van der Waals surface area (Å²) in [5.41, 5.74) is 0.965. The quantitative estimate of drug-likeness (QED) is 0.855. The van der Waals surface area contributed by atoms with E-state index in [2.05, 4.69) is 5.32 Å². The summed E-state index contributed by atoms with van der Waals surface area (Å²) in [6.07, 6.45) is 0.127. The van der Waals surface area contributed by atoms with Crippen molar-refractivity contribution in [3.63, 3.8) is 0 Å². The zero-order valence-electron chi connectivity index (χ0n) is 13.0. The third kappa shape index (κ3) is 4.17. The Morgan fingerprint density at radius 3 is 2.67 bits per heavy atom. The first-order valence-corrected chi connectivity index (χ1v) is 7.17. The smallest absolute Gasteiger partial charge is 0.328 e. The second-order valence-electron chi connectivity index (χ2n) is 5.05. The molecule has 0 heterocycles. The molecule has 1 amide bonds. The molecule has 2 aromatic rings. The van der Waals surface area contributed by atoms with Crippen LogP contribution in [0.3, 0.4) is 0 Å². The Labute approximate surface area is 138 Å². The van der Waals surface area contributed by atoms with Crippen LogP contribution in [0.15, 0.2) is 48.5 Å². The minimum absolute atomic E-state index is 0.127. The molecule has 0 saturated carbocycles. The third-order valence-electron chi connectivity index (χ3n) is 3.41. The summed E-state index contributed by atoms with van der Waals surface area (Å²) >= 11 is 0. The first-order chi connectivity index (χ1) is 11.5. The van der Waals surface area contributed by atoms with Gasteiger partial charge in [0.25, 0.3) is 5.91 Å². The summed E-state index contributed by atoms with van der Waals surface area (Å²) < 4.78 is 18.4. The molecule has 0 unspecified atom stereocenters. The van der Waals surface area contributed by atoms with E-state index in [4.69, 9.17) is 10.00 Å². The molecule has 122 valence electrons. The highest BCUT2D eigenvalue weighted by atomic mass is 19.1. The maximum Gasteiger partial charge on any atom is 0.328 e. The highest BCUT2D eigenvalue weighted by Gasteiger charge is 2.23. The predicted molar refractivity (Wildman–Crippen MR) is 84.5 cm³/mol. The summed E-state index contributed by atoms with van der Waals surface area (Å²) in [6.45, 7) is 0. The predicted octanol–water partition coefficient (Wildman–Crippen LogP) is 2.21. The monoisotopic (exact) mass is 326 g/mol. The van der Waals surface area contributed by atoms with Crippen LogP contribution < -0.4 is 5.32 Å². The van der Waals surface area contributed by atoms with Crippen LogP contribution in [0.25, 0.3) is 0 Å². The standard InChI is InChI=1S/C18H15FN2O3/c1-24-18(23)16(10-12-5-4-6-13(9-12)11-20)21-17(22)14-7-2-3-8-15(14)19/h2-9,16H,10H2,1H3,(H,21,22)/t16-/m0/s1. The number of ether oxygens (including phenoxy) is 1. The summed E-state index contributed by atoms with van der Waals surface area (Å²) in [6, 6.07) is 13.2. The number of nitriles is 1. The van der Waals surface area contributed by atoms with Crippen molar-refractivity contribution in [2.75, 3.05) is 7.11 Å². The molecular weight excluding hydrogens is 311 g/mol. The van der Waals surface area contributed by atoms with Crippen LogP contribution in [-0.4, -0.2) is 25.0 Å². The largest absolute Gasteiger partial charge is 0.467 e. The lowest BCUT2D eigenvalue weighted by Crippen LogP contribution is -2.43. The fourth-order valence-corrected chi connectivity index (χ4v) is 2.22. The lowest BCUT2D eigenvalue weighted by molar-refractivity contribution is -0.142. The number of hydrogen-bond donors (Lipinski definition) is 1. The number of benzene rings is 2. The molecule has 2 rings (SSSR count). The second-order valence-corrected chi connectivity index (χ2v) is 5.05. The minimum atomic E-state index is -0.990. The number of amides is 1. The SMILES string of the molecule is COC(=O)[C@H](Cc1cccc(C#N)c1)NC(=O)c1ccccc1F. The van der Waals surface area contributed by atoms with Gasteiger partial charge in [0, 0.05) is 6.42 Å². The minimum Gasteiger partial charge on any atom is -0.467 e. The lowest BCUT2D eigenvalue weighted by Gasteiger charge is -2.17. The number of rotatable bonds is 5. The molecule has 0 bridgehead atoms. The van der Waals surface area contributed by atoms with Crippen molar-refractivity contribution in [2.24, 2.45) is 0 Å². The Kier molecular flexibility index (Phi) is 5.63. The number of nitrogens with zero attached hydrogens (tertiary/aromatic N) is 1. The molecule has 0 aliphatic rings. The molecule has 0 aliphatic carbocycles. The summed E-state index contributed by atoms with van der Waals surface area (Å²) in [5.74, 6) is -2.04. The maximum atomic E-state index is 13.7. The molecule has 0 aliphatic heterocycles. The molecule has 0 saturated heterocycles. The van der Waals surface area contributed by atoms with Gasteiger partial charge >= 0.3 is 5.97 Å². The van der Waals surface area contributed by atoms with Crippen molar-refractivity contribution in [3.05, 3.63) is 71.0 Å². The van der Waals surface area contributed by atoms with Crippen molar-refractivity contribution < 1.29 is 18.7 Å². The van der Waals surface area contributed by atoms with Crippen molar-refractivity contribution in [2.45, 2.75) is 12.5 Å². The molecular formula is C18H15FN2O3. The Morgan fingerprint density at radius 2 is 2.00 bits per heavy atom. The van der Waals surface area contributed by atoms with Gasteiger partial charge in [0.1, 0.15) is 11.9 Å². The van der Waals surface area contributed by atoms with Crippen LogP contribution in [0.4, 0.5) is 4.39 Å². The zero-order valence-corrected chi connectivity index (χ0v) is 13.0. The van der Waals surface area contributed by atoms with Gasteiger partial charge in [-0.1, -0.05) is 24.3 Å². The highest BCUT2D eigenvalue weighted by molar-refractivity contribution is 5.97. The van der Waals surface area contributed by atoms with E-state index in [0.717, 1.165) is 0 Å². The van der Waals surface area contributed by atoms with E-state index in [1.165, 1.54) is 31.4 Å². The molecule has 6 heteroatoms. The second kappa shape index (κ2) is 7.88. The average Bonchev–Trinajstić information content (AvgIpc) is 2.60. The van der Waals surface area contributed by atoms with Gasteiger partial charge in [0.05, 0.1) is 24.3 Å². The molecule has 24 heavy (non-hydrogen) atoms. The number of nitrogens with one attached hydrogen (secondary N) is 1. The Hall–Kier alpha value is -3.20. The molecule has 1 N–H and O–H groups in total. The van der Waals surface area contributed by atoms with Crippen molar-refractivity contribution >= 4 is 11.9 Å². The van der Waals surface area contributed by atoms with E-state index < -0.39 is 23.7 Å². The third-order valence-corrected chi connectivity index (χ3v) is 3.41. The van der Waals surface area contributed by atoms with Crippen molar-refractivity contribution in [3.8, 4) is 6.07 Å². The van der Waals surface area contributed by atoms with Crippen LogP contribution in [0.1, 0.15) is 21.5 Å². The van der Waals surface area contributed by atoms with Gasteiger partial charge < -0.3 is 10.1 Å². The fraction of sp³-hybridized carbons (Fsp3) is 0.167. The lowest BCUT2D eigenvalue weighted by atomic mass is 10.0. The van der Waals surface area contributed by atoms with Crippen molar-refractivity contribution in [1.29, 1.82) is 5.26 Å².